The van der Waals surface area contributed by atoms with Crippen LogP contribution in [0, 0.1) is 0 Å². The van der Waals surface area contributed by atoms with Crippen LogP contribution in [0.4, 0.5) is 0 Å². The summed E-state index contributed by atoms with van der Waals surface area (Å²) in [6.45, 7) is 1.08. The third-order valence-corrected chi connectivity index (χ3v) is 2.44. The minimum Gasteiger partial charge on any atom is -0.454 e. The highest BCUT2D eigenvalue weighted by atomic mass is 16.7. The van der Waals surface area contributed by atoms with Gasteiger partial charge in [-0.1, -0.05) is 6.07 Å². The summed E-state index contributed by atoms with van der Waals surface area (Å²) in [7, 11) is 3.60. The number of hydrogen-bond donors (Lipinski definition) is 1. The number of likely N-dealkylation sites (N-methyl/N-ethyl adjacent to an activating group) is 1. The smallest absolute Gasteiger partial charge is 0.231 e. The molecule has 0 radical (unpaired) electrons. The lowest BCUT2D eigenvalue weighted by molar-refractivity contribution is 0.104. The first-order chi connectivity index (χ1) is 7.35. The van der Waals surface area contributed by atoms with Crippen molar-refractivity contribution in [3.05, 3.63) is 23.8 Å². The van der Waals surface area contributed by atoms with Gasteiger partial charge in [-0.3, -0.25) is 0 Å². The van der Waals surface area contributed by atoms with Gasteiger partial charge in [0.1, 0.15) is 0 Å². The van der Waals surface area contributed by atoms with Gasteiger partial charge in [-0.25, -0.2) is 0 Å². The molecule has 1 N–H and O–H groups in total. The van der Waals surface area contributed by atoms with Crippen molar-refractivity contribution in [1.29, 1.82) is 0 Å². The number of rotatable bonds is 4. The molecular formula is C11H15NO3. The Morgan fingerprint density at radius 1 is 1.40 bits per heavy atom. The van der Waals surface area contributed by atoms with Gasteiger partial charge in [-0.15, -0.1) is 0 Å². The van der Waals surface area contributed by atoms with Crippen molar-refractivity contribution in [2.45, 2.75) is 6.10 Å². The van der Waals surface area contributed by atoms with Crippen LogP contribution < -0.4 is 14.8 Å². The summed E-state index contributed by atoms with van der Waals surface area (Å²) >= 11 is 0. The quantitative estimate of drug-likeness (QED) is 0.812. The van der Waals surface area contributed by atoms with Crippen molar-refractivity contribution in [2.75, 3.05) is 27.5 Å². The molecule has 0 saturated heterocycles. The molecule has 0 spiro atoms. The molecule has 15 heavy (non-hydrogen) atoms. The molecule has 1 aliphatic rings. The van der Waals surface area contributed by atoms with E-state index in [1.165, 1.54) is 0 Å². The molecule has 0 aliphatic carbocycles. The van der Waals surface area contributed by atoms with Gasteiger partial charge in [0.25, 0.3) is 0 Å². The number of nitrogens with one attached hydrogen (secondary N) is 1. The van der Waals surface area contributed by atoms with Crippen LogP contribution in [0.15, 0.2) is 18.2 Å². The Kier molecular flexibility index (Phi) is 3.08. The van der Waals surface area contributed by atoms with Gasteiger partial charge in [-0.05, 0) is 24.7 Å². The molecule has 4 heteroatoms. The Balaban J connectivity index is 2.20. The van der Waals surface area contributed by atoms with Crippen LogP contribution in [-0.4, -0.2) is 27.5 Å². The Morgan fingerprint density at radius 2 is 2.20 bits per heavy atom. The van der Waals surface area contributed by atoms with Gasteiger partial charge in [0.15, 0.2) is 11.5 Å². The Bertz CT molecular complexity index is 341. The summed E-state index contributed by atoms with van der Waals surface area (Å²) in [5, 5.41) is 3.09. The third-order valence-electron chi connectivity index (χ3n) is 2.44. The average molecular weight is 209 g/mol. The first-order valence-corrected chi connectivity index (χ1v) is 4.92. The number of ether oxygens (including phenoxy) is 3. The molecule has 0 fully saturated rings. The van der Waals surface area contributed by atoms with Gasteiger partial charge in [0.05, 0.1) is 6.10 Å². The maximum Gasteiger partial charge on any atom is 0.231 e. The lowest BCUT2D eigenvalue weighted by Crippen LogP contribution is -2.18. The molecule has 1 aliphatic heterocycles. The van der Waals surface area contributed by atoms with Crippen molar-refractivity contribution in [1.82, 2.24) is 5.32 Å². The second-order valence-electron chi connectivity index (χ2n) is 3.39. The zero-order valence-electron chi connectivity index (χ0n) is 8.95. The molecule has 1 heterocycles. The van der Waals surface area contributed by atoms with Gasteiger partial charge < -0.3 is 19.5 Å². The van der Waals surface area contributed by atoms with Crippen LogP contribution >= 0.6 is 0 Å². The van der Waals surface area contributed by atoms with Crippen LogP contribution in [-0.2, 0) is 4.74 Å². The van der Waals surface area contributed by atoms with E-state index in [2.05, 4.69) is 5.32 Å². The number of benzene rings is 1. The Labute approximate surface area is 89.1 Å². The largest absolute Gasteiger partial charge is 0.454 e. The zero-order chi connectivity index (χ0) is 10.7. The van der Waals surface area contributed by atoms with Crippen LogP contribution in [0.25, 0.3) is 0 Å². The first-order valence-electron chi connectivity index (χ1n) is 4.92. The average Bonchev–Trinajstić information content (AvgIpc) is 2.72. The van der Waals surface area contributed by atoms with E-state index in [9.17, 15) is 0 Å². The minimum atomic E-state index is 0.0458. The second kappa shape index (κ2) is 4.51. The highest BCUT2D eigenvalue weighted by molar-refractivity contribution is 5.45. The van der Waals surface area contributed by atoms with Crippen molar-refractivity contribution in [3.63, 3.8) is 0 Å². The van der Waals surface area contributed by atoms with Crippen molar-refractivity contribution in [3.8, 4) is 11.5 Å². The van der Waals surface area contributed by atoms with Gasteiger partial charge >= 0.3 is 0 Å². The summed E-state index contributed by atoms with van der Waals surface area (Å²) < 4.78 is 15.9. The molecule has 0 bridgehead atoms. The van der Waals surface area contributed by atoms with E-state index in [1.54, 1.807) is 7.11 Å². The second-order valence-corrected chi connectivity index (χ2v) is 3.39. The maximum atomic E-state index is 5.38. The van der Waals surface area contributed by atoms with E-state index < -0.39 is 0 Å². The monoisotopic (exact) mass is 209 g/mol. The molecule has 0 saturated carbocycles. The fraction of sp³-hybridized carbons (Fsp3) is 0.455. The molecule has 0 unspecified atom stereocenters. The fourth-order valence-electron chi connectivity index (χ4n) is 1.64. The molecular weight excluding hydrogens is 194 g/mol. The van der Waals surface area contributed by atoms with E-state index in [4.69, 9.17) is 14.2 Å². The molecule has 82 valence electrons. The van der Waals surface area contributed by atoms with E-state index in [1.807, 2.05) is 25.2 Å². The predicted molar refractivity (Wildman–Crippen MR) is 56.2 cm³/mol. The van der Waals surface area contributed by atoms with Crippen LogP contribution in [0.1, 0.15) is 11.7 Å². The van der Waals surface area contributed by atoms with E-state index in [0.717, 1.165) is 23.6 Å². The van der Waals surface area contributed by atoms with Crippen LogP contribution in [0.2, 0.25) is 0 Å². The SMILES string of the molecule is CNC[C@@H](OC)c1ccc2c(c1)OCO2. The maximum absolute atomic E-state index is 5.38. The zero-order valence-corrected chi connectivity index (χ0v) is 8.95. The molecule has 4 nitrogen and oxygen atoms in total. The van der Waals surface area contributed by atoms with E-state index in [-0.39, 0.29) is 6.10 Å². The minimum absolute atomic E-state index is 0.0458. The van der Waals surface area contributed by atoms with Gasteiger partial charge in [0, 0.05) is 13.7 Å². The third kappa shape index (κ3) is 2.06. The van der Waals surface area contributed by atoms with Gasteiger partial charge in [-0.2, -0.15) is 0 Å². The number of hydrogen-bond acceptors (Lipinski definition) is 4. The summed E-state index contributed by atoms with van der Waals surface area (Å²) in [6.07, 6.45) is 0.0458. The fourth-order valence-corrected chi connectivity index (χ4v) is 1.64. The highest BCUT2D eigenvalue weighted by Gasteiger charge is 2.17. The standard InChI is InChI=1S/C11H15NO3/c1-12-6-11(13-2)8-3-4-9-10(5-8)15-7-14-9/h3-5,11-12H,6-7H2,1-2H3/t11-/m1/s1. The van der Waals surface area contributed by atoms with Crippen LogP contribution in [0.3, 0.4) is 0 Å². The summed E-state index contributed by atoms with van der Waals surface area (Å²) in [5.41, 5.74) is 1.09. The summed E-state index contributed by atoms with van der Waals surface area (Å²) in [5.74, 6) is 1.60. The number of methoxy groups -OCH3 is 1. The molecule has 1 aromatic carbocycles. The molecule has 1 aromatic rings. The Morgan fingerprint density at radius 3 is 2.93 bits per heavy atom. The number of fused-ring (bicyclic) bond motifs is 1. The van der Waals surface area contributed by atoms with Crippen LogP contribution in [0.5, 0.6) is 11.5 Å². The molecule has 2 rings (SSSR count). The summed E-state index contributed by atoms with van der Waals surface area (Å²) in [6, 6.07) is 5.88. The topological polar surface area (TPSA) is 39.7 Å². The van der Waals surface area contributed by atoms with Crippen molar-refractivity contribution in [2.24, 2.45) is 0 Å². The van der Waals surface area contributed by atoms with E-state index in [0.29, 0.717) is 6.79 Å². The molecule has 0 amide bonds. The van der Waals surface area contributed by atoms with E-state index >= 15 is 0 Å². The van der Waals surface area contributed by atoms with Gasteiger partial charge in [0.2, 0.25) is 6.79 Å². The lowest BCUT2D eigenvalue weighted by Gasteiger charge is -2.15. The highest BCUT2D eigenvalue weighted by Crippen LogP contribution is 2.34. The summed E-state index contributed by atoms with van der Waals surface area (Å²) in [4.78, 5) is 0. The molecule has 0 aromatic heterocycles. The molecule has 1 atom stereocenters. The lowest BCUT2D eigenvalue weighted by atomic mass is 10.1. The predicted octanol–water partition coefficient (Wildman–Crippen LogP) is 1.32. The normalized spacial score (nSPS) is 15.3. The van der Waals surface area contributed by atoms with Crippen molar-refractivity contribution >= 4 is 0 Å². The Hall–Kier alpha value is -1.26. The van der Waals surface area contributed by atoms with Crippen molar-refractivity contribution < 1.29 is 14.2 Å². The first kappa shape index (κ1) is 10.3.